The number of morpholine rings is 1. The topological polar surface area (TPSA) is 75.3 Å². The first kappa shape index (κ1) is 24.2. The van der Waals surface area contributed by atoms with E-state index in [1.165, 1.54) is 12.1 Å². The number of benzene rings is 3. The predicted octanol–water partition coefficient (Wildman–Crippen LogP) is 5.44. The fourth-order valence-electron chi connectivity index (χ4n) is 5.40. The van der Waals surface area contributed by atoms with Crippen molar-refractivity contribution in [2.24, 2.45) is 0 Å². The highest BCUT2D eigenvalue weighted by molar-refractivity contribution is 5.96. The molecule has 1 fully saturated rings. The van der Waals surface area contributed by atoms with E-state index in [2.05, 4.69) is 46.0 Å². The van der Waals surface area contributed by atoms with Crippen LogP contribution in [0.15, 0.2) is 60.7 Å². The Balaban J connectivity index is 1.42. The SMILES string of the molecule is C[C@@H](CN1CCOCC1)n1c(NC#N)nc2cc(C=C3c4ccccc4COc4cc(F)ccc43)ccc21. The lowest BCUT2D eigenvalue weighted by molar-refractivity contribution is 0.0329. The lowest BCUT2D eigenvalue weighted by atomic mass is 9.92. The Morgan fingerprint density at radius 2 is 1.95 bits per heavy atom. The van der Waals surface area contributed by atoms with Gasteiger partial charge in [0.25, 0.3) is 0 Å². The molecule has 3 heterocycles. The van der Waals surface area contributed by atoms with Crippen LogP contribution in [0.3, 0.4) is 0 Å². The van der Waals surface area contributed by atoms with Gasteiger partial charge in [0.15, 0.2) is 6.19 Å². The Morgan fingerprint density at radius 3 is 2.79 bits per heavy atom. The monoisotopic (exact) mass is 509 g/mol. The molecule has 0 spiro atoms. The van der Waals surface area contributed by atoms with Crippen molar-refractivity contribution in [2.45, 2.75) is 19.6 Å². The highest BCUT2D eigenvalue weighted by Crippen LogP contribution is 2.38. The minimum absolute atomic E-state index is 0.103. The molecule has 6 rings (SSSR count). The van der Waals surface area contributed by atoms with Gasteiger partial charge >= 0.3 is 0 Å². The van der Waals surface area contributed by atoms with Gasteiger partial charge in [0.05, 0.1) is 24.2 Å². The minimum Gasteiger partial charge on any atom is -0.488 e. The summed E-state index contributed by atoms with van der Waals surface area (Å²) in [5, 5.41) is 12.2. The van der Waals surface area contributed by atoms with Crippen molar-refractivity contribution in [3.05, 3.63) is 88.7 Å². The van der Waals surface area contributed by atoms with Gasteiger partial charge in [-0.3, -0.25) is 10.2 Å². The lowest BCUT2D eigenvalue weighted by Crippen LogP contribution is -2.39. The summed E-state index contributed by atoms with van der Waals surface area (Å²) in [6.45, 7) is 6.62. The van der Waals surface area contributed by atoms with Crippen LogP contribution in [0.1, 0.15) is 35.2 Å². The summed E-state index contributed by atoms with van der Waals surface area (Å²) in [6, 6.07) is 19.0. The zero-order chi connectivity index (χ0) is 26.1. The molecule has 1 aromatic heterocycles. The Bertz CT molecular complexity index is 1560. The highest BCUT2D eigenvalue weighted by atomic mass is 19.1. The van der Waals surface area contributed by atoms with E-state index >= 15 is 0 Å². The van der Waals surface area contributed by atoms with E-state index in [0.717, 1.165) is 71.7 Å². The average Bonchev–Trinajstić information content (AvgIpc) is 3.21. The summed E-state index contributed by atoms with van der Waals surface area (Å²) in [4.78, 5) is 7.15. The number of halogens is 1. The highest BCUT2D eigenvalue weighted by Gasteiger charge is 2.22. The van der Waals surface area contributed by atoms with Crippen LogP contribution in [-0.4, -0.2) is 47.3 Å². The molecule has 2 aliphatic rings. The molecule has 7 nitrogen and oxygen atoms in total. The average molecular weight is 510 g/mol. The van der Waals surface area contributed by atoms with Crippen LogP contribution in [-0.2, 0) is 11.3 Å². The molecule has 192 valence electrons. The van der Waals surface area contributed by atoms with Crippen molar-refractivity contribution in [1.29, 1.82) is 5.26 Å². The van der Waals surface area contributed by atoms with Crippen LogP contribution >= 0.6 is 0 Å². The first-order valence-corrected chi connectivity index (χ1v) is 12.8. The van der Waals surface area contributed by atoms with Crippen molar-refractivity contribution in [3.8, 4) is 11.9 Å². The van der Waals surface area contributed by atoms with Gasteiger partial charge in [0.1, 0.15) is 18.2 Å². The van der Waals surface area contributed by atoms with E-state index in [4.69, 9.17) is 14.5 Å². The van der Waals surface area contributed by atoms with Gasteiger partial charge in [-0.2, -0.15) is 5.26 Å². The van der Waals surface area contributed by atoms with E-state index in [9.17, 15) is 9.65 Å². The molecular formula is C30H28FN5O2. The molecule has 0 amide bonds. The number of nitrogens with zero attached hydrogens (tertiary/aromatic N) is 4. The number of nitrogens with one attached hydrogen (secondary N) is 1. The summed E-state index contributed by atoms with van der Waals surface area (Å²) in [5.41, 5.74) is 6.60. The Morgan fingerprint density at radius 1 is 1.11 bits per heavy atom. The molecule has 8 heteroatoms. The van der Waals surface area contributed by atoms with Gasteiger partial charge < -0.3 is 14.0 Å². The standard InChI is InChI=1S/C30H28FN5O2/c1-20(17-35-10-12-37-13-11-35)36-28-9-6-21(15-27(28)34-30(36)33-19-32)14-26-24-5-3-2-4-22(24)18-38-29-16-23(31)7-8-25(26)29/h2-9,14-16,20H,10-13,17-18H2,1H3,(H,33,34)/t20-/m0/s1. The summed E-state index contributed by atoms with van der Waals surface area (Å²) < 4.78 is 27.6. The number of hydrogen-bond donors (Lipinski definition) is 1. The molecule has 38 heavy (non-hydrogen) atoms. The van der Waals surface area contributed by atoms with E-state index in [1.807, 2.05) is 30.5 Å². The van der Waals surface area contributed by atoms with Gasteiger partial charge in [-0.25, -0.2) is 9.37 Å². The maximum absolute atomic E-state index is 14.1. The van der Waals surface area contributed by atoms with E-state index in [0.29, 0.717) is 18.3 Å². The number of imidazole rings is 1. The summed E-state index contributed by atoms with van der Waals surface area (Å²) in [5.74, 6) is 0.724. The van der Waals surface area contributed by atoms with Gasteiger partial charge in [-0.15, -0.1) is 0 Å². The fraction of sp³-hybridized carbons (Fsp3) is 0.267. The van der Waals surface area contributed by atoms with Gasteiger partial charge in [-0.1, -0.05) is 30.3 Å². The largest absolute Gasteiger partial charge is 0.488 e. The summed E-state index contributed by atoms with van der Waals surface area (Å²) in [6.07, 6.45) is 4.13. The molecule has 0 saturated carbocycles. The van der Waals surface area contributed by atoms with Crippen molar-refractivity contribution in [3.63, 3.8) is 0 Å². The quantitative estimate of drug-likeness (QED) is 0.285. The molecule has 1 atom stereocenters. The summed E-state index contributed by atoms with van der Waals surface area (Å²) in [7, 11) is 0. The molecule has 0 aliphatic carbocycles. The van der Waals surface area contributed by atoms with Crippen LogP contribution in [0, 0.1) is 17.3 Å². The number of ether oxygens (including phenoxy) is 2. The molecule has 0 unspecified atom stereocenters. The number of aromatic nitrogens is 2. The zero-order valence-corrected chi connectivity index (χ0v) is 21.2. The van der Waals surface area contributed by atoms with Crippen molar-refractivity contribution in [2.75, 3.05) is 38.2 Å². The van der Waals surface area contributed by atoms with Crippen molar-refractivity contribution in [1.82, 2.24) is 14.5 Å². The van der Waals surface area contributed by atoms with Crippen LogP contribution in [0.25, 0.3) is 22.7 Å². The maximum atomic E-state index is 14.1. The number of fused-ring (bicyclic) bond motifs is 3. The third-order valence-electron chi connectivity index (χ3n) is 7.18. The smallest absolute Gasteiger partial charge is 0.217 e. The molecule has 4 aromatic rings. The second kappa shape index (κ2) is 10.3. The Kier molecular flexibility index (Phi) is 6.54. The van der Waals surface area contributed by atoms with Crippen LogP contribution < -0.4 is 10.1 Å². The van der Waals surface area contributed by atoms with Crippen LogP contribution in [0.2, 0.25) is 0 Å². The zero-order valence-electron chi connectivity index (χ0n) is 21.2. The van der Waals surface area contributed by atoms with Crippen LogP contribution in [0.5, 0.6) is 5.75 Å². The van der Waals surface area contributed by atoms with Crippen LogP contribution in [0.4, 0.5) is 10.3 Å². The molecule has 0 radical (unpaired) electrons. The number of anilines is 1. The molecular weight excluding hydrogens is 481 g/mol. The maximum Gasteiger partial charge on any atom is 0.217 e. The minimum atomic E-state index is -0.329. The first-order chi connectivity index (χ1) is 18.6. The molecule has 3 aromatic carbocycles. The van der Waals surface area contributed by atoms with Crippen molar-refractivity contribution < 1.29 is 13.9 Å². The number of hydrogen-bond acceptors (Lipinski definition) is 6. The Hall–Kier alpha value is -4.19. The predicted molar refractivity (Wildman–Crippen MR) is 145 cm³/mol. The van der Waals surface area contributed by atoms with E-state index < -0.39 is 0 Å². The van der Waals surface area contributed by atoms with Gasteiger partial charge in [0.2, 0.25) is 5.95 Å². The fourth-order valence-corrected chi connectivity index (χ4v) is 5.40. The molecule has 0 bridgehead atoms. The normalized spacial score (nSPS) is 17.2. The van der Waals surface area contributed by atoms with Gasteiger partial charge in [-0.05, 0) is 59.5 Å². The number of rotatable bonds is 5. The summed E-state index contributed by atoms with van der Waals surface area (Å²) >= 11 is 0. The van der Waals surface area contributed by atoms with E-state index in [1.54, 1.807) is 6.07 Å². The number of nitriles is 1. The second-order valence-electron chi connectivity index (χ2n) is 9.70. The molecule has 1 N–H and O–H groups in total. The third-order valence-corrected chi connectivity index (χ3v) is 7.18. The third kappa shape index (κ3) is 4.62. The molecule has 1 saturated heterocycles. The first-order valence-electron chi connectivity index (χ1n) is 12.8. The van der Waals surface area contributed by atoms with Crippen molar-refractivity contribution >= 4 is 28.6 Å². The van der Waals surface area contributed by atoms with Gasteiger partial charge in [0, 0.05) is 37.3 Å². The lowest BCUT2D eigenvalue weighted by Gasteiger charge is -2.30. The van der Waals surface area contributed by atoms with E-state index in [-0.39, 0.29) is 11.9 Å². The molecule has 2 aliphatic heterocycles. The Labute approximate surface area is 220 Å². The second-order valence-corrected chi connectivity index (χ2v) is 9.70.